The third kappa shape index (κ3) is 3.28. The number of rotatable bonds is 5. The molecule has 0 atom stereocenters. The summed E-state index contributed by atoms with van der Waals surface area (Å²) in [4.78, 5) is 0. The third-order valence-electron chi connectivity index (χ3n) is 2.46. The van der Waals surface area contributed by atoms with E-state index in [0.29, 0.717) is 12.5 Å². The lowest BCUT2D eigenvalue weighted by atomic mass is 10.1. The summed E-state index contributed by atoms with van der Waals surface area (Å²) in [6.45, 7) is 2.84. The van der Waals surface area contributed by atoms with Crippen molar-refractivity contribution >= 4 is 0 Å². The molecule has 2 aromatic rings. The fraction of sp³-hybridized carbons (Fsp3) is 0.286. The maximum absolute atomic E-state index is 5.46. The average molecular weight is 228 g/mol. The van der Waals surface area contributed by atoms with Gasteiger partial charge >= 0.3 is 0 Å². The Morgan fingerprint density at radius 3 is 2.47 bits per heavy atom. The summed E-state index contributed by atoms with van der Waals surface area (Å²) >= 11 is 0. The van der Waals surface area contributed by atoms with Gasteiger partial charge in [-0.25, -0.2) is 0 Å². The maximum Gasteiger partial charge on any atom is 0.233 e. The number of nitrogens with zero attached hydrogens (tertiary/aromatic N) is 2. The Bertz CT molecular complexity index is 440. The fourth-order valence-corrected chi connectivity index (χ4v) is 1.48. The molecule has 3 nitrogen and oxygen atoms in total. The first kappa shape index (κ1) is 11.6. The number of aromatic nitrogens is 2. The van der Waals surface area contributed by atoms with Gasteiger partial charge in [0.2, 0.25) is 5.88 Å². The minimum Gasteiger partial charge on any atom is -0.477 e. The van der Waals surface area contributed by atoms with Crippen LogP contribution in [0.5, 0.6) is 5.88 Å². The van der Waals surface area contributed by atoms with Crippen LogP contribution < -0.4 is 4.74 Å². The standard InChI is InChI=1S/C14H16N2O/c1-2-3-11-17-14-10-9-13(15-16-14)12-7-5-4-6-8-12/h4-10H,2-3,11H2,1H3. The summed E-state index contributed by atoms with van der Waals surface area (Å²) in [5.74, 6) is 0.595. The van der Waals surface area contributed by atoms with Crippen LogP contribution in [-0.4, -0.2) is 16.8 Å². The molecule has 0 amide bonds. The highest BCUT2D eigenvalue weighted by Crippen LogP contribution is 2.16. The molecule has 17 heavy (non-hydrogen) atoms. The first-order chi connectivity index (χ1) is 8.40. The van der Waals surface area contributed by atoms with Gasteiger partial charge in [-0.3, -0.25) is 0 Å². The van der Waals surface area contributed by atoms with E-state index < -0.39 is 0 Å². The van der Waals surface area contributed by atoms with Crippen molar-refractivity contribution in [2.45, 2.75) is 19.8 Å². The van der Waals surface area contributed by atoms with E-state index in [-0.39, 0.29) is 0 Å². The Morgan fingerprint density at radius 2 is 1.82 bits per heavy atom. The van der Waals surface area contributed by atoms with Gasteiger partial charge in [0, 0.05) is 11.6 Å². The smallest absolute Gasteiger partial charge is 0.233 e. The molecule has 0 unspecified atom stereocenters. The quantitative estimate of drug-likeness (QED) is 0.736. The Morgan fingerprint density at radius 1 is 1.00 bits per heavy atom. The van der Waals surface area contributed by atoms with Crippen LogP contribution in [0.2, 0.25) is 0 Å². The molecule has 0 N–H and O–H groups in total. The van der Waals surface area contributed by atoms with Crippen LogP contribution in [0.1, 0.15) is 19.8 Å². The minimum absolute atomic E-state index is 0.595. The highest BCUT2D eigenvalue weighted by atomic mass is 16.5. The number of ether oxygens (including phenoxy) is 1. The molecule has 0 aliphatic rings. The van der Waals surface area contributed by atoms with Gasteiger partial charge in [-0.2, -0.15) is 0 Å². The zero-order valence-corrected chi connectivity index (χ0v) is 9.97. The second-order valence-corrected chi connectivity index (χ2v) is 3.82. The van der Waals surface area contributed by atoms with Crippen LogP contribution in [0.3, 0.4) is 0 Å². The van der Waals surface area contributed by atoms with E-state index in [0.717, 1.165) is 24.1 Å². The highest BCUT2D eigenvalue weighted by Gasteiger charge is 2.00. The second kappa shape index (κ2) is 5.99. The summed E-state index contributed by atoms with van der Waals surface area (Å²) in [7, 11) is 0. The predicted molar refractivity (Wildman–Crippen MR) is 67.9 cm³/mol. The lowest BCUT2D eigenvalue weighted by Gasteiger charge is -2.04. The molecule has 0 fully saturated rings. The van der Waals surface area contributed by atoms with Gasteiger partial charge in [-0.05, 0) is 12.5 Å². The Kier molecular flexibility index (Phi) is 4.08. The Hall–Kier alpha value is -1.90. The summed E-state index contributed by atoms with van der Waals surface area (Å²) in [6, 6.07) is 13.8. The van der Waals surface area contributed by atoms with Gasteiger partial charge in [0.1, 0.15) is 0 Å². The second-order valence-electron chi connectivity index (χ2n) is 3.82. The molecule has 2 rings (SSSR count). The average Bonchev–Trinajstić information content (AvgIpc) is 2.41. The van der Waals surface area contributed by atoms with Gasteiger partial charge in [-0.1, -0.05) is 43.7 Å². The van der Waals surface area contributed by atoms with E-state index in [1.807, 2.05) is 42.5 Å². The van der Waals surface area contributed by atoms with Gasteiger partial charge < -0.3 is 4.74 Å². The van der Waals surface area contributed by atoms with Crippen molar-refractivity contribution in [3.05, 3.63) is 42.5 Å². The van der Waals surface area contributed by atoms with E-state index in [9.17, 15) is 0 Å². The normalized spacial score (nSPS) is 10.2. The number of hydrogen-bond donors (Lipinski definition) is 0. The zero-order valence-electron chi connectivity index (χ0n) is 9.97. The molecule has 1 heterocycles. The number of benzene rings is 1. The van der Waals surface area contributed by atoms with Crippen LogP contribution in [0.4, 0.5) is 0 Å². The van der Waals surface area contributed by atoms with Gasteiger partial charge in [0.05, 0.1) is 12.3 Å². The number of hydrogen-bond acceptors (Lipinski definition) is 3. The van der Waals surface area contributed by atoms with Gasteiger partial charge in [-0.15, -0.1) is 10.2 Å². The number of unbranched alkanes of at least 4 members (excludes halogenated alkanes) is 1. The lowest BCUT2D eigenvalue weighted by molar-refractivity contribution is 0.294. The monoisotopic (exact) mass is 228 g/mol. The zero-order chi connectivity index (χ0) is 11.9. The summed E-state index contributed by atoms with van der Waals surface area (Å²) in [5.41, 5.74) is 1.94. The Labute approximate surface area is 101 Å². The molecule has 0 bridgehead atoms. The highest BCUT2D eigenvalue weighted by molar-refractivity contribution is 5.58. The van der Waals surface area contributed by atoms with Gasteiger partial charge in [0.15, 0.2) is 0 Å². The van der Waals surface area contributed by atoms with Crippen molar-refractivity contribution in [3.8, 4) is 17.1 Å². The van der Waals surface area contributed by atoms with Gasteiger partial charge in [0.25, 0.3) is 0 Å². The molecular formula is C14H16N2O. The SMILES string of the molecule is CCCCOc1ccc(-c2ccccc2)nn1. The molecule has 1 aromatic heterocycles. The van der Waals surface area contributed by atoms with Crippen molar-refractivity contribution < 1.29 is 4.74 Å². The van der Waals surface area contributed by atoms with Crippen LogP contribution >= 0.6 is 0 Å². The summed E-state index contributed by atoms with van der Waals surface area (Å²) < 4.78 is 5.46. The minimum atomic E-state index is 0.595. The largest absolute Gasteiger partial charge is 0.477 e. The molecule has 88 valence electrons. The maximum atomic E-state index is 5.46. The molecule has 1 aromatic carbocycles. The molecule has 0 saturated carbocycles. The third-order valence-corrected chi connectivity index (χ3v) is 2.46. The van der Waals surface area contributed by atoms with E-state index in [1.54, 1.807) is 0 Å². The topological polar surface area (TPSA) is 35.0 Å². The predicted octanol–water partition coefficient (Wildman–Crippen LogP) is 3.32. The summed E-state index contributed by atoms with van der Waals surface area (Å²) in [5, 5.41) is 8.21. The lowest BCUT2D eigenvalue weighted by Crippen LogP contribution is -1.99. The van der Waals surface area contributed by atoms with E-state index >= 15 is 0 Å². The van der Waals surface area contributed by atoms with Crippen molar-refractivity contribution in [2.24, 2.45) is 0 Å². The van der Waals surface area contributed by atoms with Crippen molar-refractivity contribution in [2.75, 3.05) is 6.61 Å². The van der Waals surface area contributed by atoms with E-state index in [4.69, 9.17) is 4.74 Å². The van der Waals surface area contributed by atoms with Crippen molar-refractivity contribution in [3.63, 3.8) is 0 Å². The molecule has 0 saturated heterocycles. The molecule has 0 spiro atoms. The van der Waals surface area contributed by atoms with Crippen LogP contribution in [-0.2, 0) is 0 Å². The molecule has 0 aliphatic heterocycles. The van der Waals surface area contributed by atoms with Crippen molar-refractivity contribution in [1.29, 1.82) is 0 Å². The van der Waals surface area contributed by atoms with Crippen LogP contribution in [0.25, 0.3) is 11.3 Å². The summed E-state index contributed by atoms with van der Waals surface area (Å²) in [6.07, 6.45) is 2.16. The molecular weight excluding hydrogens is 212 g/mol. The van der Waals surface area contributed by atoms with E-state index in [1.165, 1.54) is 0 Å². The van der Waals surface area contributed by atoms with Crippen molar-refractivity contribution in [1.82, 2.24) is 10.2 Å². The molecule has 3 heteroatoms. The van der Waals surface area contributed by atoms with E-state index in [2.05, 4.69) is 17.1 Å². The molecule has 0 aliphatic carbocycles. The molecule has 0 radical (unpaired) electrons. The first-order valence-electron chi connectivity index (χ1n) is 5.92. The first-order valence-corrected chi connectivity index (χ1v) is 5.92. The van der Waals surface area contributed by atoms with Crippen LogP contribution in [0.15, 0.2) is 42.5 Å². The Balaban J connectivity index is 2.03. The van der Waals surface area contributed by atoms with Crippen LogP contribution in [0, 0.1) is 0 Å². The fourth-order valence-electron chi connectivity index (χ4n) is 1.48.